The number of nitro groups is 1. The molecular formula is C18H23N3O6. The van der Waals surface area contributed by atoms with Gasteiger partial charge in [-0.2, -0.15) is 0 Å². The average Bonchev–Trinajstić information content (AvgIpc) is 2.93. The number of hydrogen-bond acceptors (Lipinski definition) is 7. The molecule has 146 valence electrons. The van der Waals surface area contributed by atoms with E-state index >= 15 is 0 Å². The zero-order valence-electron chi connectivity index (χ0n) is 15.7. The third kappa shape index (κ3) is 7.68. The minimum atomic E-state index is -0.792. The zero-order valence-corrected chi connectivity index (χ0v) is 15.7. The minimum absolute atomic E-state index is 0.146. The van der Waals surface area contributed by atoms with Crippen molar-refractivity contribution in [3.8, 4) is 5.75 Å². The molecule has 0 radical (unpaired) electrons. The SMILES string of the molecule is CC(C)C.CCOC(=O)c1cc2cc(c1)OC2.O=[N+]([O-])c1cncc[n+]1[O-]. The summed E-state index contributed by atoms with van der Waals surface area (Å²) in [6.07, 6.45) is 3.05. The van der Waals surface area contributed by atoms with Crippen LogP contribution in [0.25, 0.3) is 0 Å². The average molecular weight is 377 g/mol. The van der Waals surface area contributed by atoms with Crippen LogP contribution < -0.4 is 9.47 Å². The third-order valence-electron chi connectivity index (χ3n) is 2.77. The van der Waals surface area contributed by atoms with Gasteiger partial charge in [0.05, 0.1) is 18.4 Å². The fourth-order valence-electron chi connectivity index (χ4n) is 1.80. The summed E-state index contributed by atoms with van der Waals surface area (Å²) in [6, 6.07) is 5.42. The Kier molecular flexibility index (Phi) is 8.64. The number of hydrogen-bond donors (Lipinski definition) is 0. The lowest BCUT2D eigenvalue weighted by atomic mass is 10.1. The van der Waals surface area contributed by atoms with E-state index in [2.05, 4.69) is 25.8 Å². The van der Waals surface area contributed by atoms with Gasteiger partial charge in [-0.3, -0.25) is 10.1 Å². The van der Waals surface area contributed by atoms with Gasteiger partial charge in [-0.05, 0) is 36.6 Å². The molecule has 3 rings (SSSR count). The lowest BCUT2D eigenvalue weighted by Crippen LogP contribution is -2.29. The quantitative estimate of drug-likeness (QED) is 0.265. The van der Waals surface area contributed by atoms with E-state index in [-0.39, 0.29) is 10.7 Å². The molecule has 1 aromatic carbocycles. The highest BCUT2D eigenvalue weighted by Crippen LogP contribution is 2.25. The van der Waals surface area contributed by atoms with Crippen LogP contribution in [0.1, 0.15) is 43.6 Å². The Hall–Kier alpha value is -3.23. The number of ether oxygens (including phenoxy) is 2. The first-order chi connectivity index (χ1) is 12.7. The highest BCUT2D eigenvalue weighted by Gasteiger charge is 2.16. The highest BCUT2D eigenvalue weighted by molar-refractivity contribution is 5.90. The maximum Gasteiger partial charge on any atom is 0.531 e. The minimum Gasteiger partial charge on any atom is -0.614 e. The second-order valence-electron chi connectivity index (χ2n) is 6.12. The van der Waals surface area contributed by atoms with Gasteiger partial charge < -0.3 is 14.7 Å². The first kappa shape index (κ1) is 21.8. The first-order valence-electron chi connectivity index (χ1n) is 8.36. The smallest absolute Gasteiger partial charge is 0.531 e. The zero-order chi connectivity index (χ0) is 20.4. The molecule has 2 heterocycles. The molecule has 0 saturated heterocycles. The summed E-state index contributed by atoms with van der Waals surface area (Å²) in [5.74, 6) is 0.735. The van der Waals surface area contributed by atoms with Crippen molar-refractivity contribution in [2.45, 2.75) is 34.3 Å². The Bertz CT molecular complexity index is 754. The number of nitrogens with zero attached hydrogens (tertiary/aromatic N) is 3. The highest BCUT2D eigenvalue weighted by atomic mass is 16.6. The van der Waals surface area contributed by atoms with Crippen LogP contribution in [0.4, 0.5) is 5.82 Å². The van der Waals surface area contributed by atoms with Crippen molar-refractivity contribution in [2.75, 3.05) is 6.61 Å². The van der Waals surface area contributed by atoms with Crippen molar-refractivity contribution in [1.29, 1.82) is 0 Å². The van der Waals surface area contributed by atoms with Gasteiger partial charge in [-0.25, -0.2) is 9.78 Å². The van der Waals surface area contributed by atoms with Crippen LogP contribution in [-0.4, -0.2) is 22.5 Å². The molecule has 1 aromatic heterocycles. The monoisotopic (exact) mass is 377 g/mol. The van der Waals surface area contributed by atoms with E-state index in [9.17, 15) is 20.1 Å². The van der Waals surface area contributed by atoms with Gasteiger partial charge in [0, 0.05) is 0 Å². The number of esters is 1. The van der Waals surface area contributed by atoms with Crippen molar-refractivity contribution in [3.05, 3.63) is 63.2 Å². The molecule has 0 fully saturated rings. The fourth-order valence-corrected chi connectivity index (χ4v) is 1.80. The number of benzene rings is 1. The summed E-state index contributed by atoms with van der Waals surface area (Å²) in [4.78, 5) is 23.9. The van der Waals surface area contributed by atoms with Crippen LogP contribution in [-0.2, 0) is 11.3 Å². The molecule has 0 amide bonds. The number of rotatable bonds is 3. The Morgan fingerprint density at radius 1 is 1.37 bits per heavy atom. The normalized spacial score (nSPS) is 10.7. The molecule has 0 spiro atoms. The van der Waals surface area contributed by atoms with Gasteiger partial charge >= 0.3 is 11.8 Å². The van der Waals surface area contributed by atoms with E-state index in [4.69, 9.17) is 9.47 Å². The van der Waals surface area contributed by atoms with Crippen LogP contribution in [0.5, 0.6) is 5.75 Å². The van der Waals surface area contributed by atoms with Crippen LogP contribution in [0.3, 0.4) is 0 Å². The van der Waals surface area contributed by atoms with E-state index in [1.54, 1.807) is 19.1 Å². The van der Waals surface area contributed by atoms with Gasteiger partial charge in [-0.1, -0.05) is 20.8 Å². The molecule has 1 aliphatic heterocycles. The Morgan fingerprint density at radius 3 is 2.52 bits per heavy atom. The van der Waals surface area contributed by atoms with Gasteiger partial charge in [-0.15, -0.1) is 4.73 Å². The molecule has 9 nitrogen and oxygen atoms in total. The Morgan fingerprint density at radius 2 is 2.04 bits per heavy atom. The molecule has 0 atom stereocenters. The second-order valence-corrected chi connectivity index (χ2v) is 6.12. The number of fused-ring (bicyclic) bond motifs is 2. The number of aromatic nitrogens is 2. The maximum atomic E-state index is 11.3. The summed E-state index contributed by atoms with van der Waals surface area (Å²) in [7, 11) is 0. The number of carbonyl (C=O) groups is 1. The molecule has 0 saturated carbocycles. The molecule has 9 heteroatoms. The van der Waals surface area contributed by atoms with Crippen molar-refractivity contribution >= 4 is 11.8 Å². The van der Waals surface area contributed by atoms with Crippen molar-refractivity contribution in [1.82, 2.24) is 4.98 Å². The molecule has 0 N–H and O–H groups in total. The standard InChI is InChI=1S/C10H10O3.C4H3N3O3.C4H10/c1-2-12-10(11)8-3-7-4-9(5-8)13-6-7;8-6-2-1-5-3-4(6)7(9)10;1-4(2)3/h3-5H,2,6H2,1H3;1-3H;4H,1-3H3. The summed E-state index contributed by atoms with van der Waals surface area (Å²) >= 11 is 0. The molecule has 0 unspecified atom stereocenters. The third-order valence-corrected chi connectivity index (χ3v) is 2.77. The van der Waals surface area contributed by atoms with Gasteiger partial charge in [0.1, 0.15) is 17.3 Å². The van der Waals surface area contributed by atoms with E-state index in [1.165, 1.54) is 6.20 Å². The Balaban J connectivity index is 0.000000232. The first-order valence-corrected chi connectivity index (χ1v) is 8.36. The largest absolute Gasteiger partial charge is 0.614 e. The number of carbonyl (C=O) groups excluding carboxylic acids is 1. The molecular weight excluding hydrogens is 354 g/mol. The van der Waals surface area contributed by atoms with Gasteiger partial charge in [0.25, 0.3) is 0 Å². The van der Waals surface area contributed by atoms with Gasteiger partial charge in [0.2, 0.25) is 6.20 Å². The van der Waals surface area contributed by atoms with Crippen LogP contribution in [0, 0.1) is 21.2 Å². The summed E-state index contributed by atoms with van der Waals surface area (Å²) in [6.45, 7) is 9.26. The topological polar surface area (TPSA) is 118 Å². The predicted molar refractivity (Wildman–Crippen MR) is 97.1 cm³/mol. The van der Waals surface area contributed by atoms with Crippen molar-refractivity contribution in [3.63, 3.8) is 0 Å². The lowest BCUT2D eigenvalue weighted by Gasteiger charge is -2.00. The maximum absolute atomic E-state index is 11.3. The van der Waals surface area contributed by atoms with E-state index in [1.807, 2.05) is 6.07 Å². The summed E-state index contributed by atoms with van der Waals surface area (Å²) < 4.78 is 10.3. The van der Waals surface area contributed by atoms with Crippen LogP contribution >= 0.6 is 0 Å². The molecule has 2 bridgehead atoms. The van der Waals surface area contributed by atoms with Crippen LogP contribution in [0.15, 0.2) is 36.8 Å². The molecule has 2 aromatic rings. The lowest BCUT2D eigenvalue weighted by molar-refractivity contribution is -0.665. The van der Waals surface area contributed by atoms with E-state index < -0.39 is 10.7 Å². The predicted octanol–water partition coefficient (Wildman–Crippen LogP) is 3.04. The van der Waals surface area contributed by atoms with E-state index in [0.29, 0.717) is 18.8 Å². The van der Waals surface area contributed by atoms with Crippen LogP contribution in [0.2, 0.25) is 0 Å². The summed E-state index contributed by atoms with van der Waals surface area (Å²) in [5, 5.41) is 20.5. The van der Waals surface area contributed by atoms with Crippen molar-refractivity contribution < 1.29 is 23.9 Å². The Labute approximate surface area is 157 Å². The van der Waals surface area contributed by atoms with Gasteiger partial charge in [0.15, 0.2) is 6.20 Å². The second kappa shape index (κ2) is 10.7. The van der Waals surface area contributed by atoms with E-state index in [0.717, 1.165) is 29.6 Å². The summed E-state index contributed by atoms with van der Waals surface area (Å²) in [5.41, 5.74) is 1.60. The van der Waals surface area contributed by atoms with Crippen molar-refractivity contribution in [2.24, 2.45) is 5.92 Å². The molecule has 1 aliphatic rings. The molecule has 0 aliphatic carbocycles. The molecule has 27 heavy (non-hydrogen) atoms. The fraction of sp³-hybridized carbons (Fsp3) is 0.389.